The van der Waals surface area contributed by atoms with Crippen LogP contribution in [0, 0.1) is 23.7 Å². The molecule has 27 heavy (non-hydrogen) atoms. The zero-order valence-corrected chi connectivity index (χ0v) is 16.6. The molecule has 3 heterocycles. The molecule has 3 aliphatic heterocycles. The van der Waals surface area contributed by atoms with Crippen LogP contribution in [0.2, 0.25) is 0 Å². The highest BCUT2D eigenvalue weighted by molar-refractivity contribution is 5.36. The van der Waals surface area contributed by atoms with E-state index in [4.69, 9.17) is 4.74 Å². The molecule has 146 valence electrons. The van der Waals surface area contributed by atoms with Crippen molar-refractivity contribution in [3.05, 3.63) is 35.9 Å². The molecule has 2 bridgehead atoms. The van der Waals surface area contributed by atoms with Crippen LogP contribution in [0.15, 0.2) is 30.3 Å². The molecular weight excluding hydrogens is 334 g/mol. The van der Waals surface area contributed by atoms with Crippen LogP contribution < -0.4 is 0 Å². The maximum Gasteiger partial charge on any atom is 0.153 e. The van der Waals surface area contributed by atoms with Gasteiger partial charge in [0.2, 0.25) is 0 Å². The lowest BCUT2D eigenvalue weighted by Crippen LogP contribution is -2.59. The number of aliphatic hydroxyl groups is 1. The molecule has 1 saturated carbocycles. The Morgan fingerprint density at radius 2 is 1.70 bits per heavy atom. The average molecular weight is 368 g/mol. The predicted octanol–water partition coefficient (Wildman–Crippen LogP) is 3.96. The van der Waals surface area contributed by atoms with E-state index in [1.165, 1.54) is 25.7 Å². The molecule has 1 aromatic rings. The van der Waals surface area contributed by atoms with Gasteiger partial charge in [-0.2, -0.15) is 0 Å². The van der Waals surface area contributed by atoms with Crippen LogP contribution in [0.3, 0.4) is 0 Å². The molecule has 1 unspecified atom stereocenters. The highest BCUT2D eigenvalue weighted by Gasteiger charge is 2.47. The topological polar surface area (TPSA) is 32.7 Å². The summed E-state index contributed by atoms with van der Waals surface area (Å²) in [4.78, 5) is 2.46. The largest absolute Gasteiger partial charge is 0.373 e. The third kappa shape index (κ3) is 3.68. The van der Waals surface area contributed by atoms with E-state index in [0.29, 0.717) is 5.92 Å². The first-order valence-electron chi connectivity index (χ1n) is 10.8. The Balaban J connectivity index is 1.71. The summed E-state index contributed by atoms with van der Waals surface area (Å²) in [5.41, 5.74) is -0.565. The highest BCUT2D eigenvalue weighted by Crippen LogP contribution is 2.41. The maximum atomic E-state index is 11.9. The first kappa shape index (κ1) is 19.0. The molecule has 0 amide bonds. The summed E-state index contributed by atoms with van der Waals surface area (Å²) >= 11 is 0. The minimum Gasteiger partial charge on any atom is -0.373 e. The van der Waals surface area contributed by atoms with Crippen LogP contribution in [0.25, 0.3) is 0 Å². The number of rotatable bonds is 3. The first-order valence-corrected chi connectivity index (χ1v) is 10.8. The fourth-order valence-corrected chi connectivity index (χ4v) is 5.44. The van der Waals surface area contributed by atoms with E-state index in [1.54, 1.807) is 7.11 Å². The molecule has 1 aliphatic carbocycles. The van der Waals surface area contributed by atoms with Crippen LogP contribution in [0.5, 0.6) is 0 Å². The van der Waals surface area contributed by atoms with Gasteiger partial charge >= 0.3 is 0 Å². The normalized spacial score (nSPS) is 33.6. The Kier molecular flexibility index (Phi) is 5.60. The number of nitrogens with zero attached hydrogens (tertiary/aromatic N) is 1. The standard InChI is InChI=1S/C24H33NO2/c1-27-23(19-25-17-13-20(23)14-18-25)15-16-24(26,22-11-7-4-8-12-22)21-9-5-2-3-6-10-21/h4,7-8,11-12,20-21,26H,2-3,5-6,9-10,13-14,17-19H2,1H3/t23-,24?/m1/s1. The van der Waals surface area contributed by atoms with E-state index in [0.717, 1.165) is 50.9 Å². The zero-order valence-electron chi connectivity index (χ0n) is 16.6. The molecule has 0 spiro atoms. The van der Waals surface area contributed by atoms with Crippen LogP contribution in [-0.2, 0) is 10.3 Å². The minimum absolute atomic E-state index is 0.199. The third-order valence-corrected chi connectivity index (χ3v) is 7.19. The second-order valence-corrected chi connectivity index (χ2v) is 8.71. The molecule has 0 aromatic heterocycles. The van der Waals surface area contributed by atoms with Gasteiger partial charge in [0, 0.05) is 25.5 Å². The Labute approximate surface area is 164 Å². The summed E-state index contributed by atoms with van der Waals surface area (Å²) in [5.74, 6) is 7.60. The number of benzene rings is 1. The van der Waals surface area contributed by atoms with Gasteiger partial charge in [-0.25, -0.2) is 0 Å². The lowest BCUT2D eigenvalue weighted by atomic mass is 9.73. The number of hydrogen-bond donors (Lipinski definition) is 1. The van der Waals surface area contributed by atoms with Gasteiger partial charge in [-0.15, -0.1) is 0 Å². The van der Waals surface area contributed by atoms with E-state index >= 15 is 0 Å². The van der Waals surface area contributed by atoms with Crippen LogP contribution in [0.1, 0.15) is 56.9 Å². The molecule has 1 aromatic carbocycles. The summed E-state index contributed by atoms with van der Waals surface area (Å²) < 4.78 is 6.03. The first-order chi connectivity index (χ1) is 13.2. The monoisotopic (exact) mass is 367 g/mol. The van der Waals surface area contributed by atoms with E-state index in [1.807, 2.05) is 30.3 Å². The van der Waals surface area contributed by atoms with Crippen LogP contribution in [0.4, 0.5) is 0 Å². The van der Waals surface area contributed by atoms with Crippen molar-refractivity contribution in [2.24, 2.45) is 11.8 Å². The zero-order chi connectivity index (χ0) is 18.7. The number of piperidine rings is 3. The van der Waals surface area contributed by atoms with Crippen molar-refractivity contribution >= 4 is 0 Å². The Morgan fingerprint density at radius 1 is 1.04 bits per heavy atom. The molecule has 3 saturated heterocycles. The quantitative estimate of drug-likeness (QED) is 0.648. The minimum atomic E-state index is -1.08. The Morgan fingerprint density at radius 3 is 2.26 bits per heavy atom. The van der Waals surface area contributed by atoms with Crippen LogP contribution >= 0.6 is 0 Å². The van der Waals surface area contributed by atoms with Gasteiger partial charge < -0.3 is 9.84 Å². The summed E-state index contributed by atoms with van der Waals surface area (Å²) in [6.07, 6.45) is 9.32. The number of hydrogen-bond acceptors (Lipinski definition) is 3. The smallest absolute Gasteiger partial charge is 0.153 e. The molecule has 5 rings (SSSR count). The third-order valence-electron chi connectivity index (χ3n) is 7.19. The number of ether oxygens (including phenoxy) is 1. The van der Waals surface area contributed by atoms with Gasteiger partial charge in [-0.05, 0) is 44.3 Å². The van der Waals surface area contributed by atoms with Crippen molar-refractivity contribution in [2.75, 3.05) is 26.7 Å². The average Bonchev–Trinajstić information content (AvgIpc) is 3.03. The van der Waals surface area contributed by atoms with E-state index in [2.05, 4.69) is 16.7 Å². The van der Waals surface area contributed by atoms with Crippen molar-refractivity contribution < 1.29 is 9.84 Å². The predicted molar refractivity (Wildman–Crippen MR) is 108 cm³/mol. The highest BCUT2D eigenvalue weighted by atomic mass is 16.5. The fraction of sp³-hybridized carbons (Fsp3) is 0.667. The molecule has 3 nitrogen and oxygen atoms in total. The Hall–Kier alpha value is -1.34. The van der Waals surface area contributed by atoms with Gasteiger partial charge in [0.15, 0.2) is 5.60 Å². The van der Waals surface area contributed by atoms with Gasteiger partial charge in [-0.1, -0.05) is 67.9 Å². The molecule has 2 atom stereocenters. The Bertz CT molecular complexity index is 677. The van der Waals surface area contributed by atoms with Crippen molar-refractivity contribution in [1.29, 1.82) is 0 Å². The molecular formula is C24H33NO2. The molecule has 4 fully saturated rings. The van der Waals surface area contributed by atoms with E-state index in [9.17, 15) is 5.11 Å². The second kappa shape index (κ2) is 7.95. The number of fused-ring (bicyclic) bond motifs is 3. The van der Waals surface area contributed by atoms with Crippen molar-refractivity contribution in [2.45, 2.75) is 62.6 Å². The molecule has 0 radical (unpaired) electrons. The lowest BCUT2D eigenvalue weighted by molar-refractivity contribution is -0.0967. The van der Waals surface area contributed by atoms with Gasteiger partial charge in [-0.3, -0.25) is 4.90 Å². The molecule has 1 N–H and O–H groups in total. The van der Waals surface area contributed by atoms with Crippen LogP contribution in [-0.4, -0.2) is 42.4 Å². The summed E-state index contributed by atoms with van der Waals surface area (Å²) in [6, 6.07) is 10.1. The SMILES string of the molecule is CO[C@]1(C#CC(O)(c2ccccc2)C2CCCCCC2)CN2CCC1CC2. The van der Waals surface area contributed by atoms with Gasteiger partial charge in [0.1, 0.15) is 5.60 Å². The van der Waals surface area contributed by atoms with Gasteiger partial charge in [0.25, 0.3) is 0 Å². The summed E-state index contributed by atoms with van der Waals surface area (Å²) in [7, 11) is 1.80. The summed E-state index contributed by atoms with van der Waals surface area (Å²) in [6.45, 7) is 3.18. The fourth-order valence-electron chi connectivity index (χ4n) is 5.44. The van der Waals surface area contributed by atoms with Crippen molar-refractivity contribution in [3.63, 3.8) is 0 Å². The second-order valence-electron chi connectivity index (χ2n) is 8.71. The maximum absolute atomic E-state index is 11.9. The lowest BCUT2D eigenvalue weighted by Gasteiger charge is -2.50. The van der Waals surface area contributed by atoms with E-state index < -0.39 is 11.2 Å². The van der Waals surface area contributed by atoms with E-state index in [-0.39, 0.29) is 5.92 Å². The molecule has 4 aliphatic rings. The number of methoxy groups -OCH3 is 1. The van der Waals surface area contributed by atoms with Gasteiger partial charge in [0.05, 0.1) is 0 Å². The molecule has 3 heteroatoms. The summed E-state index contributed by atoms with van der Waals surface area (Å²) in [5, 5.41) is 11.9. The van der Waals surface area contributed by atoms with Crippen molar-refractivity contribution in [1.82, 2.24) is 4.90 Å². The van der Waals surface area contributed by atoms with Crippen molar-refractivity contribution in [3.8, 4) is 11.8 Å².